The number of rotatable bonds is 8. The van der Waals surface area contributed by atoms with Crippen LogP contribution in [0.4, 0.5) is 13.2 Å². The van der Waals surface area contributed by atoms with Crippen LogP contribution in [0.1, 0.15) is 0 Å². The minimum Gasteiger partial charge on any atom is -0.207 e. The van der Waals surface area contributed by atoms with E-state index in [1.54, 1.807) is 0 Å². The van der Waals surface area contributed by atoms with Crippen molar-refractivity contribution < 1.29 is 13.2 Å². The van der Waals surface area contributed by atoms with Gasteiger partial charge in [-0.05, 0) is 48.1 Å². The van der Waals surface area contributed by atoms with Gasteiger partial charge in [0.1, 0.15) is 25.5 Å². The fourth-order valence-electron chi connectivity index (χ4n) is 4.21. The van der Waals surface area contributed by atoms with E-state index in [1.165, 1.54) is 36.4 Å². The normalized spacial score (nSPS) is 13.6. The first-order valence-corrected chi connectivity index (χ1v) is 15.6. The maximum absolute atomic E-state index is 13.7. The molecule has 0 N–H and O–H groups in total. The third kappa shape index (κ3) is 4.63. The molecule has 1 atom stereocenters. The monoisotopic (exact) mass is 460 g/mol. The van der Waals surface area contributed by atoms with E-state index in [4.69, 9.17) is 11.6 Å². The van der Waals surface area contributed by atoms with Crippen LogP contribution in [0.25, 0.3) is 0 Å². The van der Waals surface area contributed by atoms with Crippen LogP contribution in [0.3, 0.4) is 0 Å². The highest BCUT2D eigenvalue weighted by Crippen LogP contribution is 2.26. The molecule has 0 heterocycles. The first-order chi connectivity index (χ1) is 14.3. The third-order valence-electron chi connectivity index (χ3n) is 5.81. The molecule has 0 fully saturated rings. The minimum atomic E-state index is -2.51. The summed E-state index contributed by atoms with van der Waals surface area (Å²) in [5.74, 6) is -0.873. The largest absolute Gasteiger partial charge is 0.207 e. The van der Waals surface area contributed by atoms with Gasteiger partial charge in [-0.15, -0.1) is 18.2 Å². The van der Waals surface area contributed by atoms with Crippen LogP contribution in [-0.2, 0) is 0 Å². The maximum Gasteiger partial charge on any atom is 0.123 e. The van der Waals surface area contributed by atoms with Crippen molar-refractivity contribution in [3.05, 3.63) is 103 Å². The van der Waals surface area contributed by atoms with Crippen LogP contribution >= 0.6 is 11.6 Å². The lowest BCUT2D eigenvalue weighted by Crippen LogP contribution is -2.65. The predicted octanol–water partition coefficient (Wildman–Crippen LogP) is 5.16. The summed E-state index contributed by atoms with van der Waals surface area (Å²) in [7, 11) is -4.78. The highest BCUT2D eigenvalue weighted by Gasteiger charge is 2.44. The molecule has 3 aromatic rings. The van der Waals surface area contributed by atoms with Gasteiger partial charge in [-0.2, -0.15) is 0 Å². The highest BCUT2D eigenvalue weighted by molar-refractivity contribution is 7.14. The van der Waals surface area contributed by atoms with Crippen LogP contribution < -0.4 is 15.6 Å². The molecule has 0 spiro atoms. The number of benzene rings is 3. The molecule has 0 aliphatic heterocycles. The van der Waals surface area contributed by atoms with Crippen LogP contribution in [0.2, 0.25) is 18.3 Å². The summed E-state index contributed by atoms with van der Waals surface area (Å²) >= 11 is 6.56. The fourth-order valence-corrected chi connectivity index (χ4v) is 18.3. The van der Waals surface area contributed by atoms with Crippen molar-refractivity contribution in [3.63, 3.8) is 0 Å². The molecule has 1 unspecified atom stereocenters. The van der Waals surface area contributed by atoms with Crippen LogP contribution in [-0.4, -0.2) is 21.7 Å². The lowest BCUT2D eigenvalue weighted by Gasteiger charge is -2.39. The van der Waals surface area contributed by atoms with Gasteiger partial charge in [0.05, 0.1) is 8.07 Å². The molecule has 0 aromatic heterocycles. The second kappa shape index (κ2) is 9.37. The van der Waals surface area contributed by atoms with Crippen LogP contribution in [0, 0.1) is 17.5 Å². The Labute approximate surface area is 183 Å². The smallest absolute Gasteiger partial charge is 0.123 e. The van der Waals surface area contributed by atoms with Gasteiger partial charge in [0.15, 0.2) is 0 Å². The van der Waals surface area contributed by atoms with E-state index in [2.05, 4.69) is 13.1 Å². The van der Waals surface area contributed by atoms with Crippen LogP contribution in [0.15, 0.2) is 85.5 Å². The zero-order chi connectivity index (χ0) is 21.8. The Kier molecular flexibility index (Phi) is 7.06. The summed E-state index contributed by atoms with van der Waals surface area (Å²) in [4.78, 5) is 0. The topological polar surface area (TPSA) is 0 Å². The second-order valence-electron chi connectivity index (χ2n) is 7.97. The van der Waals surface area contributed by atoms with Gasteiger partial charge >= 0.3 is 0 Å². The highest BCUT2D eigenvalue weighted by atomic mass is 35.5. The van der Waals surface area contributed by atoms with Crippen molar-refractivity contribution in [2.24, 2.45) is 0 Å². The van der Waals surface area contributed by atoms with Crippen molar-refractivity contribution in [1.82, 2.24) is 0 Å². The molecule has 0 radical (unpaired) electrons. The quantitative estimate of drug-likeness (QED) is 0.247. The minimum absolute atomic E-state index is 0.281. The Morgan fingerprint density at radius 3 is 1.43 bits per heavy atom. The summed E-state index contributed by atoms with van der Waals surface area (Å²) in [6.07, 6.45) is 1.90. The Balaban J connectivity index is 2.20. The van der Waals surface area contributed by atoms with E-state index in [1.807, 2.05) is 42.5 Å². The van der Waals surface area contributed by atoms with Gasteiger partial charge in [-0.25, -0.2) is 13.2 Å². The molecule has 0 bridgehead atoms. The molecule has 0 nitrogen and oxygen atoms in total. The SMILES string of the molecule is C=CC[Si](C[Si](C)(CCl)c1ccc(F)cc1)(c1ccc(F)cc1)c1ccc(F)cc1. The van der Waals surface area contributed by atoms with E-state index in [-0.39, 0.29) is 17.5 Å². The Morgan fingerprint density at radius 1 is 0.733 bits per heavy atom. The van der Waals surface area contributed by atoms with E-state index in [0.29, 0.717) is 11.5 Å². The zero-order valence-electron chi connectivity index (χ0n) is 16.8. The molecule has 0 amide bonds. The Bertz CT molecular complexity index is 943. The van der Waals surface area contributed by atoms with Gasteiger partial charge in [-0.1, -0.05) is 64.6 Å². The lowest BCUT2D eigenvalue weighted by atomic mass is 10.3. The van der Waals surface area contributed by atoms with Gasteiger partial charge in [-0.3, -0.25) is 0 Å². The summed E-state index contributed by atoms with van der Waals surface area (Å²) in [5, 5.41) is 3.19. The molecule has 0 saturated heterocycles. The van der Waals surface area contributed by atoms with Crippen molar-refractivity contribution in [3.8, 4) is 0 Å². The van der Waals surface area contributed by atoms with Gasteiger partial charge in [0, 0.05) is 5.50 Å². The molecule has 156 valence electrons. The van der Waals surface area contributed by atoms with E-state index in [0.717, 1.165) is 21.2 Å². The number of alkyl halides is 1. The summed E-state index contributed by atoms with van der Waals surface area (Å²) in [5.41, 5.74) is 1.28. The molecule has 0 aliphatic carbocycles. The molecule has 0 saturated carbocycles. The number of hydrogen-bond donors (Lipinski definition) is 0. The average molecular weight is 461 g/mol. The third-order valence-corrected chi connectivity index (χ3v) is 19.3. The van der Waals surface area contributed by atoms with Crippen molar-refractivity contribution in [2.45, 2.75) is 18.3 Å². The zero-order valence-corrected chi connectivity index (χ0v) is 19.6. The second-order valence-corrected chi connectivity index (χ2v) is 17.9. The molecule has 6 heteroatoms. The molecular weight excluding hydrogens is 437 g/mol. The number of allylic oxidation sites excluding steroid dienone is 1. The summed E-state index contributed by atoms with van der Waals surface area (Å²) < 4.78 is 41.0. The van der Waals surface area contributed by atoms with E-state index >= 15 is 0 Å². The van der Waals surface area contributed by atoms with Crippen LogP contribution in [0.5, 0.6) is 0 Å². The summed E-state index contributed by atoms with van der Waals surface area (Å²) in [6.45, 7) is 6.19. The number of hydrogen-bond acceptors (Lipinski definition) is 0. The van der Waals surface area contributed by atoms with Crippen molar-refractivity contribution in [1.29, 1.82) is 0 Å². The number of halogens is 4. The van der Waals surface area contributed by atoms with Crippen molar-refractivity contribution in [2.75, 3.05) is 5.50 Å². The van der Waals surface area contributed by atoms with E-state index in [9.17, 15) is 13.2 Å². The first-order valence-electron chi connectivity index (χ1n) is 9.78. The lowest BCUT2D eigenvalue weighted by molar-refractivity contribution is 0.628. The molecule has 30 heavy (non-hydrogen) atoms. The van der Waals surface area contributed by atoms with Crippen molar-refractivity contribution >= 4 is 43.3 Å². The molecule has 0 aliphatic rings. The van der Waals surface area contributed by atoms with Gasteiger partial charge in [0.2, 0.25) is 0 Å². The fraction of sp³-hybridized carbons (Fsp3) is 0.167. The Morgan fingerprint density at radius 2 is 1.10 bits per heavy atom. The first kappa shape index (κ1) is 22.6. The molecule has 3 rings (SSSR count). The average Bonchev–Trinajstić information content (AvgIpc) is 2.75. The molecule has 3 aromatic carbocycles. The molecular formula is C24H24ClF3Si2. The predicted molar refractivity (Wildman–Crippen MR) is 126 cm³/mol. The maximum atomic E-state index is 13.7. The van der Waals surface area contributed by atoms with Gasteiger partial charge < -0.3 is 0 Å². The summed E-state index contributed by atoms with van der Waals surface area (Å²) in [6, 6.07) is 20.5. The van der Waals surface area contributed by atoms with E-state index < -0.39 is 16.1 Å². The Hall–Kier alpha value is -2.09. The van der Waals surface area contributed by atoms with Gasteiger partial charge in [0.25, 0.3) is 0 Å². The standard InChI is InChI=1S/C24H24ClF3Si2/c1-3-16-30(23-12-6-20(27)7-13-23,24-14-8-21(28)9-15-24)18-29(2,17-25)22-10-4-19(26)5-11-22/h3-15H,1,16-18H2,2H3.